The lowest BCUT2D eigenvalue weighted by Gasteiger charge is -2.18. The second-order valence-corrected chi connectivity index (χ2v) is 7.73. The summed E-state index contributed by atoms with van der Waals surface area (Å²) < 4.78 is 18.3. The molecule has 8 heteroatoms. The summed E-state index contributed by atoms with van der Waals surface area (Å²) in [4.78, 5) is 26.7. The van der Waals surface area contributed by atoms with Crippen molar-refractivity contribution < 1.29 is 18.7 Å². The third kappa shape index (κ3) is 4.61. The quantitative estimate of drug-likeness (QED) is 0.397. The van der Waals surface area contributed by atoms with E-state index in [1.54, 1.807) is 19.1 Å². The molecule has 0 radical (unpaired) electrons. The summed E-state index contributed by atoms with van der Waals surface area (Å²) in [6.07, 6.45) is 0.378. The smallest absolute Gasteiger partial charge is 0.351 e. The van der Waals surface area contributed by atoms with Gasteiger partial charge in [0.2, 0.25) is 5.91 Å². The van der Waals surface area contributed by atoms with Crippen molar-refractivity contribution in [2.45, 2.75) is 18.6 Å². The molecule has 1 aliphatic heterocycles. The normalized spacial score (nSPS) is 17.8. The third-order valence-electron chi connectivity index (χ3n) is 4.18. The Bertz CT molecular complexity index is 1000. The van der Waals surface area contributed by atoms with Crippen molar-refractivity contribution in [3.05, 3.63) is 75.5 Å². The molecule has 2 aromatic rings. The molecule has 0 saturated carbocycles. The monoisotopic (exact) mass is 430 g/mol. The summed E-state index contributed by atoms with van der Waals surface area (Å²) in [7, 11) is 0. The van der Waals surface area contributed by atoms with Crippen LogP contribution in [0.3, 0.4) is 0 Å². The zero-order valence-corrected chi connectivity index (χ0v) is 17.0. The van der Waals surface area contributed by atoms with Crippen molar-refractivity contribution in [3.63, 3.8) is 0 Å². The zero-order chi connectivity index (χ0) is 21.0. The number of amides is 1. The summed E-state index contributed by atoms with van der Waals surface area (Å²) in [6, 6.07) is 14.2. The van der Waals surface area contributed by atoms with E-state index in [0.717, 1.165) is 17.3 Å². The molecule has 0 aliphatic carbocycles. The van der Waals surface area contributed by atoms with Crippen LogP contribution in [-0.2, 0) is 20.7 Å². The highest BCUT2D eigenvalue weighted by Gasteiger charge is 2.41. The Labute approximate surface area is 176 Å². The van der Waals surface area contributed by atoms with Crippen LogP contribution < -0.4 is 4.90 Å². The number of halogens is 2. The van der Waals surface area contributed by atoms with E-state index in [9.17, 15) is 19.2 Å². The first-order valence-corrected chi connectivity index (χ1v) is 10.0. The Hall–Kier alpha value is -2.82. The molecular weight excluding hydrogens is 415 g/mol. The van der Waals surface area contributed by atoms with Gasteiger partial charge in [-0.2, -0.15) is 5.26 Å². The van der Waals surface area contributed by atoms with E-state index in [1.165, 1.54) is 29.2 Å². The summed E-state index contributed by atoms with van der Waals surface area (Å²) in [5.74, 6) is -1.56. The van der Waals surface area contributed by atoms with Crippen LogP contribution in [0.4, 0.5) is 10.1 Å². The van der Waals surface area contributed by atoms with Gasteiger partial charge in [0.1, 0.15) is 16.9 Å². The molecule has 1 amide bonds. The van der Waals surface area contributed by atoms with Gasteiger partial charge in [-0.3, -0.25) is 9.69 Å². The van der Waals surface area contributed by atoms with Gasteiger partial charge in [-0.1, -0.05) is 35.5 Å². The number of benzene rings is 2. The van der Waals surface area contributed by atoms with E-state index in [2.05, 4.69) is 0 Å². The zero-order valence-electron chi connectivity index (χ0n) is 15.4. The van der Waals surface area contributed by atoms with E-state index >= 15 is 0 Å². The van der Waals surface area contributed by atoms with E-state index < -0.39 is 17.0 Å². The van der Waals surface area contributed by atoms with E-state index in [4.69, 9.17) is 16.3 Å². The lowest BCUT2D eigenvalue weighted by atomic mass is 10.1. The lowest BCUT2D eigenvalue weighted by molar-refractivity contribution is -0.138. The fraction of sp³-hybridized carbons (Fsp3) is 0.190. The Balaban J connectivity index is 2.02. The molecule has 0 bridgehead atoms. The van der Waals surface area contributed by atoms with Crippen molar-refractivity contribution in [2.75, 3.05) is 11.5 Å². The van der Waals surface area contributed by atoms with Crippen molar-refractivity contribution in [2.24, 2.45) is 0 Å². The predicted octanol–water partition coefficient (Wildman–Crippen LogP) is 4.47. The molecule has 1 heterocycles. The average molecular weight is 431 g/mol. The molecular formula is C21H16ClFN2O3S. The molecule has 0 unspecified atom stereocenters. The number of hydrogen-bond donors (Lipinski definition) is 0. The second kappa shape index (κ2) is 9.12. The molecule has 148 valence electrons. The van der Waals surface area contributed by atoms with Gasteiger partial charge in [-0.25, -0.2) is 9.18 Å². The Morgan fingerprint density at radius 1 is 1.24 bits per heavy atom. The van der Waals surface area contributed by atoms with E-state index in [0.29, 0.717) is 17.1 Å². The minimum atomic E-state index is -0.801. The van der Waals surface area contributed by atoms with Crippen LogP contribution in [-0.4, -0.2) is 23.7 Å². The topological polar surface area (TPSA) is 70.4 Å². The van der Waals surface area contributed by atoms with Crippen LogP contribution in [0, 0.1) is 17.1 Å². The molecule has 1 aliphatic rings. The van der Waals surface area contributed by atoms with E-state index in [1.807, 2.05) is 18.2 Å². The van der Waals surface area contributed by atoms with Gasteiger partial charge in [0, 0.05) is 10.7 Å². The number of ether oxygens (including phenoxy) is 1. The molecule has 2 aromatic carbocycles. The van der Waals surface area contributed by atoms with Crippen molar-refractivity contribution in [3.8, 4) is 6.07 Å². The maximum absolute atomic E-state index is 13.4. The number of nitrogens with zero attached hydrogens (tertiary/aromatic N) is 2. The number of nitriles is 1. The van der Waals surface area contributed by atoms with Gasteiger partial charge in [-0.05, 0) is 55.3 Å². The molecule has 0 aromatic heterocycles. The van der Waals surface area contributed by atoms with Crippen LogP contribution in [0.25, 0.3) is 0 Å². The van der Waals surface area contributed by atoms with Crippen LogP contribution in [0.15, 0.2) is 59.1 Å². The van der Waals surface area contributed by atoms with Crippen molar-refractivity contribution >= 4 is 40.9 Å². The average Bonchev–Trinajstić information content (AvgIpc) is 3.01. The van der Waals surface area contributed by atoms with Gasteiger partial charge in [0.15, 0.2) is 5.57 Å². The summed E-state index contributed by atoms with van der Waals surface area (Å²) in [5.41, 5.74) is 0.998. The number of anilines is 1. The predicted molar refractivity (Wildman–Crippen MR) is 110 cm³/mol. The van der Waals surface area contributed by atoms with Crippen LogP contribution in [0.2, 0.25) is 5.02 Å². The Kier molecular flexibility index (Phi) is 6.57. The molecule has 3 rings (SSSR count). The van der Waals surface area contributed by atoms with Crippen LogP contribution in [0.1, 0.15) is 12.5 Å². The van der Waals surface area contributed by atoms with E-state index in [-0.39, 0.29) is 23.1 Å². The molecule has 0 N–H and O–H groups in total. The third-order valence-corrected chi connectivity index (χ3v) is 5.69. The van der Waals surface area contributed by atoms with Gasteiger partial charge in [0.25, 0.3) is 0 Å². The number of thioether (sulfide) groups is 1. The molecule has 0 spiro atoms. The minimum Gasteiger partial charge on any atom is -0.462 e. The standard InChI is InChI=1S/C21H16ClFN2O3S/c1-2-28-21(27)17(12-24)20-25(16-9-7-15(23)8-10-16)19(26)18(29-20)11-13-3-5-14(22)6-4-13/h3-10,18H,2,11H2,1H3/b20-17-/t18-/m1/s1. The number of hydrogen-bond acceptors (Lipinski definition) is 5. The van der Waals surface area contributed by atoms with Crippen LogP contribution in [0.5, 0.6) is 0 Å². The highest BCUT2D eigenvalue weighted by atomic mass is 35.5. The number of esters is 1. The molecule has 5 nitrogen and oxygen atoms in total. The summed E-state index contributed by atoms with van der Waals surface area (Å²) >= 11 is 7.03. The first-order valence-electron chi connectivity index (χ1n) is 8.76. The lowest BCUT2D eigenvalue weighted by Crippen LogP contribution is -2.30. The highest BCUT2D eigenvalue weighted by Crippen LogP contribution is 2.42. The van der Waals surface area contributed by atoms with Crippen molar-refractivity contribution in [1.29, 1.82) is 5.26 Å². The molecule has 29 heavy (non-hydrogen) atoms. The molecule has 1 fully saturated rings. The maximum Gasteiger partial charge on any atom is 0.351 e. The van der Waals surface area contributed by atoms with Crippen LogP contribution >= 0.6 is 23.4 Å². The number of carbonyl (C=O) groups excluding carboxylic acids is 2. The Morgan fingerprint density at radius 3 is 2.48 bits per heavy atom. The minimum absolute atomic E-state index is 0.0979. The fourth-order valence-corrected chi connectivity index (χ4v) is 4.26. The van der Waals surface area contributed by atoms with Gasteiger partial charge in [0.05, 0.1) is 11.9 Å². The summed E-state index contributed by atoms with van der Waals surface area (Å²) in [5, 5.41) is 9.76. The SMILES string of the molecule is CCOC(=O)/C(C#N)=C1\S[C@H](Cc2ccc(Cl)cc2)C(=O)N1c1ccc(F)cc1. The first kappa shape index (κ1) is 20.9. The van der Waals surface area contributed by atoms with Gasteiger partial charge < -0.3 is 4.74 Å². The van der Waals surface area contributed by atoms with Gasteiger partial charge in [-0.15, -0.1) is 0 Å². The Morgan fingerprint density at radius 2 is 1.90 bits per heavy atom. The largest absolute Gasteiger partial charge is 0.462 e. The fourth-order valence-electron chi connectivity index (χ4n) is 2.83. The second-order valence-electron chi connectivity index (χ2n) is 6.10. The molecule has 1 atom stereocenters. The van der Waals surface area contributed by atoms with Crippen molar-refractivity contribution in [1.82, 2.24) is 0 Å². The first-order chi connectivity index (χ1) is 13.9. The highest BCUT2D eigenvalue weighted by molar-refractivity contribution is 8.05. The number of rotatable bonds is 5. The van der Waals surface area contributed by atoms with Gasteiger partial charge >= 0.3 is 5.97 Å². The maximum atomic E-state index is 13.4. The summed E-state index contributed by atoms with van der Waals surface area (Å²) in [6.45, 7) is 1.73. The number of carbonyl (C=O) groups is 2. The molecule has 1 saturated heterocycles.